The Morgan fingerprint density at radius 2 is 2.08 bits per heavy atom. The fraction of sp³-hybridized carbons (Fsp3) is 0.379. The smallest absolute Gasteiger partial charge is 0.264 e. The van der Waals surface area contributed by atoms with E-state index in [-0.39, 0.29) is 37.8 Å². The molecule has 1 saturated heterocycles. The highest BCUT2D eigenvalue weighted by atomic mass is 28.4. The van der Waals surface area contributed by atoms with E-state index in [9.17, 15) is 14.7 Å². The van der Waals surface area contributed by atoms with Crippen molar-refractivity contribution in [2.75, 3.05) is 23.4 Å². The molecule has 0 radical (unpaired) electrons. The number of hydrogen-bond acceptors (Lipinski definition) is 4. The molecule has 0 bridgehead atoms. The molecule has 1 fully saturated rings. The Kier molecular flexibility index (Phi) is 6.79. The van der Waals surface area contributed by atoms with E-state index < -0.39 is 31.6 Å². The standard InChI is InChI=1S/C29H34FN3O4Si/c1-5-13-33-24-11-10-20(32-26(35)15-19-17-31-23-9-7-6-8-21(19)23)16-22(24)29(28(33)36)18(2)27(38(3,4)30)25(37-29)12-14-34/h5-11,16-18,25,27,31,34H,1,12-15H2,2-4H3,(H,32,35)/t18-,25+,27-,29+/m0/s1. The normalized spacial score (nSPS) is 24.8. The Labute approximate surface area is 222 Å². The lowest BCUT2D eigenvalue weighted by molar-refractivity contribution is -0.146. The number of nitrogens with one attached hydrogen (secondary N) is 2. The zero-order chi connectivity index (χ0) is 27.2. The average Bonchev–Trinajstić information content (AvgIpc) is 3.47. The van der Waals surface area contributed by atoms with Gasteiger partial charge in [0.1, 0.15) is 0 Å². The van der Waals surface area contributed by atoms with Crippen molar-refractivity contribution in [3.8, 4) is 0 Å². The van der Waals surface area contributed by atoms with E-state index in [4.69, 9.17) is 4.74 Å². The second-order valence-corrected chi connectivity index (χ2v) is 14.6. The van der Waals surface area contributed by atoms with Crippen LogP contribution in [0.5, 0.6) is 0 Å². The van der Waals surface area contributed by atoms with Crippen LogP contribution in [0, 0.1) is 5.92 Å². The van der Waals surface area contributed by atoms with E-state index in [1.54, 1.807) is 42.3 Å². The van der Waals surface area contributed by atoms with Gasteiger partial charge in [-0.2, -0.15) is 0 Å². The molecule has 2 aliphatic heterocycles. The van der Waals surface area contributed by atoms with Gasteiger partial charge in [0.05, 0.1) is 18.2 Å². The molecule has 0 aliphatic carbocycles. The summed E-state index contributed by atoms with van der Waals surface area (Å²) in [6, 6.07) is 13.2. The topological polar surface area (TPSA) is 94.7 Å². The van der Waals surface area contributed by atoms with Crippen LogP contribution in [0.15, 0.2) is 61.3 Å². The lowest BCUT2D eigenvalue weighted by Gasteiger charge is -2.31. The Hall–Kier alpha value is -3.27. The number of rotatable bonds is 8. The molecule has 38 heavy (non-hydrogen) atoms. The Bertz CT molecular complexity index is 1400. The van der Waals surface area contributed by atoms with E-state index in [0.717, 1.165) is 16.5 Å². The summed E-state index contributed by atoms with van der Waals surface area (Å²) >= 11 is 0. The molecule has 9 heteroatoms. The number of para-hydroxylation sites is 1. The average molecular weight is 536 g/mol. The van der Waals surface area contributed by atoms with E-state index in [0.29, 0.717) is 16.9 Å². The Morgan fingerprint density at radius 3 is 2.79 bits per heavy atom. The van der Waals surface area contributed by atoms with Crippen molar-refractivity contribution in [2.24, 2.45) is 5.92 Å². The largest absolute Gasteiger partial charge is 0.396 e. The van der Waals surface area contributed by atoms with Crippen LogP contribution in [-0.4, -0.2) is 49.6 Å². The number of carbonyl (C=O) groups excluding carboxylic acids is 2. The molecule has 1 spiro atoms. The third-order valence-electron chi connectivity index (χ3n) is 8.00. The molecule has 200 valence electrons. The van der Waals surface area contributed by atoms with Gasteiger partial charge in [0.2, 0.25) is 14.3 Å². The number of hydrogen-bond donors (Lipinski definition) is 3. The first-order chi connectivity index (χ1) is 18.1. The highest BCUT2D eigenvalue weighted by molar-refractivity contribution is 6.72. The summed E-state index contributed by atoms with van der Waals surface area (Å²) in [6.07, 6.45) is 3.34. The molecule has 3 heterocycles. The van der Waals surface area contributed by atoms with Crippen molar-refractivity contribution >= 4 is 42.5 Å². The van der Waals surface area contributed by atoms with Crippen LogP contribution in [0.4, 0.5) is 15.5 Å². The van der Waals surface area contributed by atoms with Crippen molar-refractivity contribution in [3.63, 3.8) is 0 Å². The number of benzene rings is 2. The lowest BCUT2D eigenvalue weighted by atomic mass is 9.82. The van der Waals surface area contributed by atoms with Crippen molar-refractivity contribution < 1.29 is 23.5 Å². The third kappa shape index (κ3) is 4.18. The summed E-state index contributed by atoms with van der Waals surface area (Å²) < 4.78 is 22.1. The Morgan fingerprint density at radius 1 is 1.32 bits per heavy atom. The van der Waals surface area contributed by atoms with Crippen molar-refractivity contribution in [2.45, 2.75) is 50.1 Å². The number of amides is 2. The maximum atomic E-state index is 15.6. The molecule has 3 N–H and O–H groups in total. The second-order valence-electron chi connectivity index (χ2n) is 10.8. The number of fused-ring (bicyclic) bond motifs is 3. The predicted molar refractivity (Wildman–Crippen MR) is 149 cm³/mol. The summed E-state index contributed by atoms with van der Waals surface area (Å²) in [6.45, 7) is 9.05. The van der Waals surface area contributed by atoms with E-state index in [2.05, 4.69) is 16.9 Å². The van der Waals surface area contributed by atoms with Gasteiger partial charge in [0.25, 0.3) is 5.91 Å². The van der Waals surface area contributed by atoms with Gasteiger partial charge in [-0.3, -0.25) is 9.59 Å². The van der Waals surface area contributed by atoms with Gasteiger partial charge < -0.3 is 29.2 Å². The van der Waals surface area contributed by atoms with Crippen LogP contribution in [0.2, 0.25) is 18.6 Å². The van der Waals surface area contributed by atoms with Gasteiger partial charge in [0, 0.05) is 53.0 Å². The minimum absolute atomic E-state index is 0.157. The number of ether oxygens (including phenoxy) is 1. The first kappa shape index (κ1) is 26.3. The first-order valence-electron chi connectivity index (χ1n) is 13.0. The van der Waals surface area contributed by atoms with Gasteiger partial charge in [0.15, 0.2) is 5.60 Å². The molecule has 2 aromatic carbocycles. The number of anilines is 2. The lowest BCUT2D eigenvalue weighted by Crippen LogP contribution is -2.45. The summed E-state index contributed by atoms with van der Waals surface area (Å²) in [5, 5.41) is 13.7. The minimum atomic E-state index is -3.27. The van der Waals surface area contributed by atoms with E-state index in [1.807, 2.05) is 37.4 Å². The quantitative estimate of drug-likeness (QED) is 0.214. The van der Waals surface area contributed by atoms with Crippen LogP contribution in [0.1, 0.15) is 24.5 Å². The number of halogens is 1. The van der Waals surface area contributed by atoms with Crippen LogP contribution < -0.4 is 10.2 Å². The highest BCUT2D eigenvalue weighted by Crippen LogP contribution is 2.60. The third-order valence-corrected chi connectivity index (χ3v) is 10.5. The number of aliphatic hydroxyl groups is 1. The first-order valence-corrected chi connectivity index (χ1v) is 16.0. The van der Waals surface area contributed by atoms with Gasteiger partial charge >= 0.3 is 0 Å². The van der Waals surface area contributed by atoms with E-state index in [1.165, 1.54) is 0 Å². The van der Waals surface area contributed by atoms with Gasteiger partial charge in [-0.1, -0.05) is 31.2 Å². The Balaban J connectivity index is 1.50. The fourth-order valence-corrected chi connectivity index (χ4v) is 9.03. The molecule has 3 aromatic rings. The fourth-order valence-electron chi connectivity index (χ4n) is 6.49. The van der Waals surface area contributed by atoms with Gasteiger partial charge in [-0.05, 0) is 49.3 Å². The summed E-state index contributed by atoms with van der Waals surface area (Å²) in [4.78, 5) is 31.8. The molecular weight excluding hydrogens is 501 g/mol. The van der Waals surface area contributed by atoms with Crippen LogP contribution in [-0.2, 0) is 26.3 Å². The van der Waals surface area contributed by atoms with Gasteiger partial charge in [-0.25, -0.2) is 0 Å². The maximum absolute atomic E-state index is 15.6. The number of aliphatic hydroxyl groups excluding tert-OH is 1. The molecule has 2 aliphatic rings. The van der Waals surface area contributed by atoms with Crippen LogP contribution in [0.3, 0.4) is 0 Å². The SMILES string of the molecule is C=CCN1C(=O)[C@]2(O[C@H](CCO)[C@@H]([Si](C)(C)F)[C@@H]2C)c2cc(NC(=O)Cc3c[nH]c4ccccc34)ccc21. The number of aromatic nitrogens is 1. The zero-order valence-electron chi connectivity index (χ0n) is 22.0. The van der Waals surface area contributed by atoms with Gasteiger partial charge in [-0.15, -0.1) is 6.58 Å². The number of H-pyrrole nitrogens is 1. The summed E-state index contributed by atoms with van der Waals surface area (Å²) in [7, 11) is -3.27. The van der Waals surface area contributed by atoms with Crippen LogP contribution in [0.25, 0.3) is 10.9 Å². The number of aromatic amines is 1. The molecule has 0 saturated carbocycles. The molecular formula is C29H34FN3O4Si. The second kappa shape index (κ2) is 9.80. The van der Waals surface area contributed by atoms with Crippen molar-refractivity contribution in [1.29, 1.82) is 0 Å². The summed E-state index contributed by atoms with van der Waals surface area (Å²) in [5.41, 5.74) is 1.81. The monoisotopic (exact) mass is 535 g/mol. The van der Waals surface area contributed by atoms with Crippen molar-refractivity contribution in [1.82, 2.24) is 4.98 Å². The number of carbonyl (C=O) groups is 2. The molecule has 0 unspecified atom stereocenters. The minimum Gasteiger partial charge on any atom is -0.396 e. The summed E-state index contributed by atoms with van der Waals surface area (Å²) in [5.74, 6) is -0.903. The molecule has 2 amide bonds. The zero-order valence-corrected chi connectivity index (χ0v) is 23.0. The highest BCUT2D eigenvalue weighted by Gasteiger charge is 2.66. The van der Waals surface area contributed by atoms with Crippen LogP contribution >= 0.6 is 0 Å². The molecule has 4 atom stereocenters. The maximum Gasteiger partial charge on any atom is 0.264 e. The number of nitrogens with zero attached hydrogens (tertiary/aromatic N) is 1. The molecule has 1 aromatic heterocycles. The van der Waals surface area contributed by atoms with E-state index >= 15 is 4.11 Å². The van der Waals surface area contributed by atoms with Crippen molar-refractivity contribution in [3.05, 3.63) is 72.4 Å². The molecule has 5 rings (SSSR count). The molecule has 7 nitrogen and oxygen atoms in total. The predicted octanol–water partition coefficient (Wildman–Crippen LogP) is 5.04.